The van der Waals surface area contributed by atoms with Crippen molar-refractivity contribution in [1.82, 2.24) is 14.9 Å². The maximum Gasteiger partial charge on any atom is 0.253 e. The number of amides is 1. The average Bonchev–Trinajstić information content (AvgIpc) is 3.21. The Morgan fingerprint density at radius 1 is 1.16 bits per heavy atom. The molecule has 7 nitrogen and oxygen atoms in total. The van der Waals surface area contributed by atoms with Gasteiger partial charge in [-0.3, -0.25) is 9.10 Å². The Labute approximate surface area is 182 Å². The number of sulfonamides is 1. The number of nitrogens with zero attached hydrogens (tertiary/aromatic N) is 3. The van der Waals surface area contributed by atoms with Gasteiger partial charge in [-0.1, -0.05) is 0 Å². The highest BCUT2D eigenvalue weighted by Crippen LogP contribution is 2.34. The first-order valence-electron chi connectivity index (χ1n) is 10.7. The predicted octanol–water partition coefficient (Wildman–Crippen LogP) is 3.29. The fraction of sp³-hybridized carbons (Fsp3) is 0.391. The van der Waals surface area contributed by atoms with Crippen molar-refractivity contribution in [2.24, 2.45) is 0 Å². The summed E-state index contributed by atoms with van der Waals surface area (Å²) in [5, 5.41) is 1.16. The molecule has 0 spiro atoms. The fourth-order valence-electron chi connectivity index (χ4n) is 4.93. The molecule has 1 N–H and O–H groups in total. The van der Waals surface area contributed by atoms with Crippen LogP contribution in [0.1, 0.15) is 46.7 Å². The van der Waals surface area contributed by atoms with Gasteiger partial charge < -0.3 is 9.88 Å². The van der Waals surface area contributed by atoms with Crippen LogP contribution in [0.5, 0.6) is 0 Å². The van der Waals surface area contributed by atoms with Crippen LogP contribution < -0.4 is 4.31 Å². The zero-order valence-electron chi connectivity index (χ0n) is 17.5. The van der Waals surface area contributed by atoms with Crippen LogP contribution in [0, 0.1) is 0 Å². The second-order valence-corrected chi connectivity index (χ2v) is 10.4. The standard InChI is InChI=1S/C23H26N4O3S/c1-31(29,30)27-11-3-4-17-14-18(6-7-21(17)27)23(28)26-12-8-16(9-13-26)20-15-25-22-19(20)5-2-10-24-22/h2,5-7,10,14-16H,3-4,8-9,11-13H2,1H3,(H,24,25). The third kappa shape index (κ3) is 3.69. The summed E-state index contributed by atoms with van der Waals surface area (Å²) in [4.78, 5) is 22.7. The summed E-state index contributed by atoms with van der Waals surface area (Å²) in [7, 11) is -3.31. The third-order valence-electron chi connectivity index (χ3n) is 6.51. The number of hydrogen-bond donors (Lipinski definition) is 1. The summed E-state index contributed by atoms with van der Waals surface area (Å²) >= 11 is 0. The molecule has 1 fully saturated rings. The third-order valence-corrected chi connectivity index (χ3v) is 7.69. The quantitative estimate of drug-likeness (QED) is 0.680. The Kier molecular flexibility index (Phi) is 4.97. The zero-order chi connectivity index (χ0) is 21.6. The topological polar surface area (TPSA) is 86.4 Å². The Hall–Kier alpha value is -2.87. The van der Waals surface area contributed by atoms with Crippen LogP contribution >= 0.6 is 0 Å². The predicted molar refractivity (Wildman–Crippen MR) is 121 cm³/mol. The Morgan fingerprint density at radius 2 is 1.97 bits per heavy atom. The van der Waals surface area contributed by atoms with E-state index in [0.29, 0.717) is 36.8 Å². The van der Waals surface area contributed by atoms with Gasteiger partial charge in [0.25, 0.3) is 5.91 Å². The molecule has 0 saturated carbocycles. The van der Waals surface area contributed by atoms with Crippen molar-refractivity contribution in [2.75, 3.05) is 30.2 Å². The first-order valence-corrected chi connectivity index (χ1v) is 12.6. The molecule has 162 valence electrons. The molecular formula is C23H26N4O3S. The number of carbonyl (C=O) groups excluding carboxylic acids is 1. The van der Waals surface area contributed by atoms with Crippen molar-refractivity contribution in [2.45, 2.75) is 31.6 Å². The van der Waals surface area contributed by atoms with Crippen LogP contribution in [0.3, 0.4) is 0 Å². The first-order chi connectivity index (χ1) is 14.9. The number of rotatable bonds is 3. The van der Waals surface area contributed by atoms with Crippen molar-refractivity contribution in [3.63, 3.8) is 0 Å². The Balaban J connectivity index is 1.31. The van der Waals surface area contributed by atoms with Gasteiger partial charge in [-0.15, -0.1) is 0 Å². The number of likely N-dealkylation sites (tertiary alicyclic amines) is 1. The van der Waals surface area contributed by atoms with Gasteiger partial charge in [0.1, 0.15) is 5.65 Å². The normalized spacial score (nSPS) is 17.7. The lowest BCUT2D eigenvalue weighted by Gasteiger charge is -2.33. The molecule has 0 aliphatic carbocycles. The molecule has 0 atom stereocenters. The van der Waals surface area contributed by atoms with Crippen molar-refractivity contribution in [1.29, 1.82) is 0 Å². The number of carbonyl (C=O) groups is 1. The van der Waals surface area contributed by atoms with Crippen molar-refractivity contribution in [3.8, 4) is 0 Å². The molecular weight excluding hydrogens is 412 g/mol. The van der Waals surface area contributed by atoms with E-state index in [4.69, 9.17) is 0 Å². The molecule has 2 aliphatic rings. The van der Waals surface area contributed by atoms with Gasteiger partial charge in [0.05, 0.1) is 11.9 Å². The highest BCUT2D eigenvalue weighted by molar-refractivity contribution is 7.92. The molecule has 1 saturated heterocycles. The molecule has 2 aromatic heterocycles. The maximum absolute atomic E-state index is 13.1. The highest BCUT2D eigenvalue weighted by Gasteiger charge is 2.28. The summed E-state index contributed by atoms with van der Waals surface area (Å²) in [5.74, 6) is 0.437. The number of nitrogens with one attached hydrogen (secondary N) is 1. The summed E-state index contributed by atoms with van der Waals surface area (Å²) in [6.45, 7) is 1.92. The molecule has 0 unspecified atom stereocenters. The number of fused-ring (bicyclic) bond motifs is 2. The van der Waals surface area contributed by atoms with E-state index < -0.39 is 10.0 Å². The van der Waals surface area contributed by atoms with E-state index >= 15 is 0 Å². The second kappa shape index (κ2) is 7.67. The monoisotopic (exact) mass is 438 g/mol. The van der Waals surface area contributed by atoms with E-state index in [1.807, 2.05) is 17.0 Å². The number of pyridine rings is 1. The Bertz CT molecular complexity index is 1240. The van der Waals surface area contributed by atoms with Gasteiger partial charge in [0, 0.05) is 43.0 Å². The molecule has 3 aromatic rings. The lowest BCUT2D eigenvalue weighted by Crippen LogP contribution is -2.38. The van der Waals surface area contributed by atoms with Crippen LogP contribution in [-0.2, 0) is 16.4 Å². The first kappa shape index (κ1) is 20.1. The van der Waals surface area contributed by atoms with Crippen molar-refractivity contribution >= 4 is 32.7 Å². The summed E-state index contributed by atoms with van der Waals surface area (Å²) in [5.41, 5.74) is 4.47. The number of benzene rings is 1. The van der Waals surface area contributed by atoms with Crippen LogP contribution in [0.15, 0.2) is 42.7 Å². The van der Waals surface area contributed by atoms with Gasteiger partial charge >= 0.3 is 0 Å². The van der Waals surface area contributed by atoms with E-state index in [9.17, 15) is 13.2 Å². The van der Waals surface area contributed by atoms with Crippen LogP contribution in [0.2, 0.25) is 0 Å². The summed E-state index contributed by atoms with van der Waals surface area (Å²) in [6.07, 6.45) is 8.46. The van der Waals surface area contributed by atoms with E-state index in [0.717, 1.165) is 42.3 Å². The van der Waals surface area contributed by atoms with Crippen LogP contribution in [-0.4, -0.2) is 55.1 Å². The SMILES string of the molecule is CS(=O)(=O)N1CCCc2cc(C(=O)N3CCC(c4c[nH]c5ncccc45)CC3)ccc21. The highest BCUT2D eigenvalue weighted by atomic mass is 32.2. The minimum atomic E-state index is -3.31. The number of piperidine rings is 1. The van der Waals surface area contributed by atoms with E-state index in [-0.39, 0.29) is 5.91 Å². The van der Waals surface area contributed by atoms with E-state index in [2.05, 4.69) is 22.2 Å². The molecule has 0 radical (unpaired) electrons. The molecule has 8 heteroatoms. The van der Waals surface area contributed by atoms with Crippen LogP contribution in [0.4, 0.5) is 5.69 Å². The summed E-state index contributed by atoms with van der Waals surface area (Å²) in [6, 6.07) is 9.49. The number of aromatic amines is 1. The van der Waals surface area contributed by atoms with Gasteiger partial charge in [0.15, 0.2) is 0 Å². The van der Waals surface area contributed by atoms with Gasteiger partial charge in [-0.25, -0.2) is 13.4 Å². The minimum Gasteiger partial charge on any atom is -0.346 e. The second-order valence-electron chi connectivity index (χ2n) is 8.49. The smallest absolute Gasteiger partial charge is 0.253 e. The minimum absolute atomic E-state index is 0.0262. The van der Waals surface area contributed by atoms with Crippen LogP contribution in [0.25, 0.3) is 11.0 Å². The number of aryl methyl sites for hydroxylation is 1. The number of aromatic nitrogens is 2. The Morgan fingerprint density at radius 3 is 2.74 bits per heavy atom. The number of anilines is 1. The average molecular weight is 439 g/mol. The molecule has 1 amide bonds. The lowest BCUT2D eigenvalue weighted by molar-refractivity contribution is 0.0713. The fourth-order valence-corrected chi connectivity index (χ4v) is 5.93. The molecule has 31 heavy (non-hydrogen) atoms. The number of H-pyrrole nitrogens is 1. The number of hydrogen-bond acceptors (Lipinski definition) is 4. The van der Waals surface area contributed by atoms with Gasteiger partial charge in [0.2, 0.25) is 10.0 Å². The summed E-state index contributed by atoms with van der Waals surface area (Å²) < 4.78 is 25.6. The molecule has 0 bridgehead atoms. The van der Waals surface area contributed by atoms with Crippen molar-refractivity contribution < 1.29 is 13.2 Å². The van der Waals surface area contributed by atoms with Crippen molar-refractivity contribution in [3.05, 3.63) is 59.4 Å². The van der Waals surface area contributed by atoms with E-state index in [1.54, 1.807) is 18.3 Å². The zero-order valence-corrected chi connectivity index (χ0v) is 18.4. The maximum atomic E-state index is 13.1. The molecule has 1 aromatic carbocycles. The molecule has 5 rings (SSSR count). The van der Waals surface area contributed by atoms with Gasteiger partial charge in [-0.2, -0.15) is 0 Å². The largest absolute Gasteiger partial charge is 0.346 e. The lowest BCUT2D eigenvalue weighted by atomic mass is 9.89. The van der Waals surface area contributed by atoms with E-state index in [1.165, 1.54) is 16.1 Å². The molecule has 2 aliphatic heterocycles. The van der Waals surface area contributed by atoms with Gasteiger partial charge in [-0.05, 0) is 73.1 Å². The molecule has 4 heterocycles.